The molecular weight excluding hydrogens is 1330 g/mol. The summed E-state index contributed by atoms with van der Waals surface area (Å²) >= 11 is 0. The zero-order chi connectivity index (χ0) is 74.8. The summed E-state index contributed by atoms with van der Waals surface area (Å²) in [4.78, 5) is 83.8. The number of aromatic nitrogens is 10. The lowest BCUT2D eigenvalue weighted by Crippen LogP contribution is -2.26. The first kappa shape index (κ1) is 73.5. The molecule has 0 aliphatic carbocycles. The molecular formula is C90H92N14O3. The molecule has 7 heterocycles. The molecule has 0 unspecified atom stereocenters. The minimum Gasteiger partial charge on any atom is -0.309 e. The van der Waals surface area contributed by atoms with Gasteiger partial charge in [-0.15, -0.1) is 0 Å². The maximum Gasteiger partial charge on any atom is 0.330 e. The Labute approximate surface area is 627 Å². The first-order valence-electron chi connectivity index (χ1n) is 36.8. The largest absolute Gasteiger partial charge is 0.330 e. The van der Waals surface area contributed by atoms with Gasteiger partial charge in [-0.1, -0.05) is 236 Å². The van der Waals surface area contributed by atoms with Crippen LogP contribution < -0.4 is 15.5 Å². The smallest absolute Gasteiger partial charge is 0.309 e. The second kappa shape index (κ2) is 33.1. The average molecular weight is 1420 g/mol. The molecule has 0 N–H and O–H groups in total. The van der Waals surface area contributed by atoms with Crippen LogP contribution in [0.2, 0.25) is 0 Å². The highest BCUT2D eigenvalue weighted by Crippen LogP contribution is 2.37. The number of nitrogens with zero attached hydrogens (tertiary/aromatic N) is 14. The number of benzene rings is 8. The van der Waals surface area contributed by atoms with Gasteiger partial charge in [0.25, 0.3) is 0 Å². The number of fused-ring (bicyclic) bond motifs is 3. The third-order valence-electron chi connectivity index (χ3n) is 19.8. The van der Waals surface area contributed by atoms with Crippen molar-refractivity contribution < 1.29 is 9.59 Å². The highest BCUT2D eigenvalue weighted by molar-refractivity contribution is 6.01. The van der Waals surface area contributed by atoms with E-state index in [0.717, 1.165) is 93.3 Å². The molecule has 107 heavy (non-hydrogen) atoms. The zero-order valence-corrected chi connectivity index (χ0v) is 63.0. The Morgan fingerprint density at radius 2 is 0.822 bits per heavy atom. The van der Waals surface area contributed by atoms with Crippen LogP contribution >= 0.6 is 0 Å². The zero-order valence-electron chi connectivity index (χ0n) is 63.0. The molecule has 0 bridgehead atoms. The minimum absolute atomic E-state index is 0.0657. The Morgan fingerprint density at radius 1 is 0.402 bits per heavy atom. The van der Waals surface area contributed by atoms with Gasteiger partial charge in [-0.25, -0.2) is 34.7 Å². The summed E-state index contributed by atoms with van der Waals surface area (Å²) < 4.78 is 3.30. The molecule has 8 aromatic carbocycles. The number of anilines is 2. The van der Waals surface area contributed by atoms with Crippen LogP contribution in [0.25, 0.3) is 78.8 Å². The van der Waals surface area contributed by atoms with Gasteiger partial charge in [-0.2, -0.15) is 0 Å². The van der Waals surface area contributed by atoms with Crippen molar-refractivity contribution in [2.45, 2.75) is 105 Å². The van der Waals surface area contributed by atoms with Crippen molar-refractivity contribution in [1.82, 2.24) is 58.8 Å². The van der Waals surface area contributed by atoms with E-state index in [1.165, 1.54) is 50.1 Å². The Balaban J connectivity index is 0.000000142. The fourth-order valence-electron chi connectivity index (χ4n) is 13.8. The van der Waals surface area contributed by atoms with E-state index in [0.29, 0.717) is 78.9 Å². The van der Waals surface area contributed by atoms with Gasteiger partial charge in [-0.05, 0) is 126 Å². The molecule has 0 saturated heterocycles. The van der Waals surface area contributed by atoms with Crippen LogP contribution in [-0.2, 0) is 62.0 Å². The predicted octanol–water partition coefficient (Wildman–Crippen LogP) is 16.7. The third-order valence-corrected chi connectivity index (χ3v) is 19.8. The summed E-state index contributed by atoms with van der Waals surface area (Å²) in [6, 6.07) is 67.2. The van der Waals surface area contributed by atoms with E-state index in [9.17, 15) is 14.4 Å². The number of aryl methyl sites for hydroxylation is 1. The van der Waals surface area contributed by atoms with Crippen molar-refractivity contribution in [2.75, 3.05) is 51.1 Å². The van der Waals surface area contributed by atoms with Crippen LogP contribution in [0.3, 0.4) is 0 Å². The average Bonchev–Trinajstić information content (AvgIpc) is 1.63. The van der Waals surface area contributed by atoms with Gasteiger partial charge in [0, 0.05) is 78.3 Å². The van der Waals surface area contributed by atoms with E-state index < -0.39 is 0 Å². The maximum atomic E-state index is 13.0. The van der Waals surface area contributed by atoms with Crippen LogP contribution in [0.5, 0.6) is 0 Å². The van der Waals surface area contributed by atoms with Crippen molar-refractivity contribution >= 4 is 34.6 Å². The van der Waals surface area contributed by atoms with Crippen molar-refractivity contribution in [3.05, 3.63) is 297 Å². The Morgan fingerprint density at radius 3 is 1.28 bits per heavy atom. The van der Waals surface area contributed by atoms with Crippen molar-refractivity contribution in [1.29, 1.82) is 0 Å². The minimum atomic E-state index is -0.119. The van der Waals surface area contributed by atoms with Crippen LogP contribution in [-0.4, -0.2) is 112 Å². The van der Waals surface area contributed by atoms with Gasteiger partial charge >= 0.3 is 5.69 Å². The number of rotatable bonds is 21. The molecule has 17 heteroatoms. The molecule has 2 aliphatic heterocycles. The van der Waals surface area contributed by atoms with Crippen LogP contribution in [0.15, 0.2) is 236 Å². The van der Waals surface area contributed by atoms with Gasteiger partial charge in [-0.3, -0.25) is 38.5 Å². The normalized spacial score (nSPS) is 12.5. The molecule has 0 spiro atoms. The summed E-state index contributed by atoms with van der Waals surface area (Å²) in [6.45, 7) is 16.5. The molecule has 5 aromatic heterocycles. The number of amides is 2. The van der Waals surface area contributed by atoms with E-state index in [4.69, 9.17) is 15.0 Å². The molecule has 15 rings (SSSR count). The molecule has 0 fully saturated rings. The van der Waals surface area contributed by atoms with E-state index >= 15 is 0 Å². The van der Waals surface area contributed by atoms with Gasteiger partial charge in [0.2, 0.25) is 11.8 Å². The maximum absolute atomic E-state index is 13.0. The highest BCUT2D eigenvalue weighted by atomic mass is 16.2. The number of hydrogen-bond acceptors (Lipinski definition) is 13. The monoisotopic (exact) mass is 1420 g/mol. The second-order valence-electron chi connectivity index (χ2n) is 29.1. The summed E-state index contributed by atoms with van der Waals surface area (Å²) in [7, 11) is 10.2. The summed E-state index contributed by atoms with van der Waals surface area (Å²) in [5.74, 6) is 4.62. The van der Waals surface area contributed by atoms with Gasteiger partial charge in [0.1, 0.15) is 17.2 Å². The van der Waals surface area contributed by atoms with E-state index in [1.54, 1.807) is 50.8 Å². The Kier molecular flexibility index (Phi) is 22.8. The molecule has 13 aromatic rings. The summed E-state index contributed by atoms with van der Waals surface area (Å²) in [6.07, 6.45) is 13.2. The topological polar surface area (TPSA) is 177 Å². The quantitative estimate of drug-likeness (QED) is 0.0664. The molecule has 2 amide bonds. The molecule has 0 saturated carbocycles. The van der Waals surface area contributed by atoms with Gasteiger partial charge in [0.05, 0.1) is 50.6 Å². The molecule has 17 nitrogen and oxygen atoms in total. The van der Waals surface area contributed by atoms with Crippen LogP contribution in [0, 0.1) is 0 Å². The standard InChI is InChI=1S/2C32H34N4O.C26H24N6O/c1-22(2)28-10-5-6-11-29(28)31-33-20-27-19-30(37)36(32(27)34-31)21-24-12-14-25(15-13-24)26-9-7-8-23(18-26)16-17-35(3)4;1-22(2)28-7-5-6-8-29(28)31-33-20-27-19-30(37)36(32(27)34-31)21-24-11-15-26(16-12-24)25-13-9-23(10-14-25)17-18-35(3)4;1-17(2)20-6-4-5-7-21(20)24-29-15-23-25(30-24)32(26(33)31(23)3)16-18-8-10-19(11-9-18)22-14-27-12-13-28-22/h5-15,18,20,22H,16-17,19,21H2,1-4H3;5-16,20,22H,17-19,21H2,1-4H3;4-15,17H,16H2,1-3H3. The number of likely N-dealkylation sites (N-methyl/N-ethyl adjacent to an activating group) is 2. The lowest BCUT2D eigenvalue weighted by atomic mass is 9.97. The number of hydrogen-bond donors (Lipinski definition) is 0. The Hall–Kier alpha value is -11.8. The molecule has 0 atom stereocenters. The molecule has 2 aliphatic rings. The van der Waals surface area contributed by atoms with Crippen molar-refractivity contribution in [2.24, 2.45) is 7.05 Å². The predicted molar refractivity (Wildman–Crippen MR) is 430 cm³/mol. The number of imidazole rings is 1. The Bertz CT molecular complexity index is 5340. The lowest BCUT2D eigenvalue weighted by Gasteiger charge is -2.18. The molecule has 0 radical (unpaired) electrons. The first-order chi connectivity index (χ1) is 51.8. The van der Waals surface area contributed by atoms with Crippen LogP contribution in [0.1, 0.15) is 115 Å². The fourth-order valence-corrected chi connectivity index (χ4v) is 13.8. The highest BCUT2D eigenvalue weighted by Gasteiger charge is 2.32. The van der Waals surface area contributed by atoms with Crippen LogP contribution in [0.4, 0.5) is 11.6 Å². The summed E-state index contributed by atoms with van der Waals surface area (Å²) in [5.41, 5.74) is 22.0. The van der Waals surface area contributed by atoms with E-state index in [2.05, 4.69) is 232 Å². The SMILES string of the molecule is CC(C)c1ccccc1-c1ncc2c(n1)N(Cc1ccc(-c3ccc(CCN(C)C)cc3)cc1)C(=O)C2.CC(C)c1ccccc1-c1ncc2c(n1)N(Cc1ccc(-c3cccc(CCN(C)C)c3)cc1)C(=O)C2.CC(C)c1ccccc1-c1ncc2c(n1)n(Cc1ccc(-c3cnccn3)cc1)c(=O)n2C. The molecule has 540 valence electrons. The fraction of sp³-hybridized carbons (Fsp3) is 0.256. The van der Waals surface area contributed by atoms with E-state index in [1.807, 2.05) is 79.1 Å². The van der Waals surface area contributed by atoms with Gasteiger partial charge in [0.15, 0.2) is 23.1 Å². The van der Waals surface area contributed by atoms with Gasteiger partial charge < -0.3 is 9.80 Å². The van der Waals surface area contributed by atoms with Crippen molar-refractivity contribution in [3.63, 3.8) is 0 Å². The lowest BCUT2D eigenvalue weighted by molar-refractivity contribution is -0.118. The number of carbonyl (C=O) groups is 2. The van der Waals surface area contributed by atoms with Crippen molar-refractivity contribution in [3.8, 4) is 67.7 Å². The number of carbonyl (C=O) groups excluding carboxylic acids is 2. The first-order valence-corrected chi connectivity index (χ1v) is 36.8. The van der Waals surface area contributed by atoms with E-state index in [-0.39, 0.29) is 17.5 Å². The third kappa shape index (κ3) is 17.1. The second-order valence-corrected chi connectivity index (χ2v) is 29.1. The summed E-state index contributed by atoms with van der Waals surface area (Å²) in [5, 5.41) is 0.